The standard InChI is InChI=1S/C15H21N3O2/c1-17(2)14(19)10-18(3)15(20)13-9-16-8-11-6-4-5-7-12(11)13/h4-7,13,16H,8-10H2,1-3H3. The van der Waals surface area contributed by atoms with E-state index in [1.807, 2.05) is 24.3 Å². The van der Waals surface area contributed by atoms with E-state index in [2.05, 4.69) is 5.32 Å². The molecule has 1 aliphatic heterocycles. The number of nitrogens with one attached hydrogen (secondary N) is 1. The van der Waals surface area contributed by atoms with Crippen LogP contribution in [0.25, 0.3) is 0 Å². The fourth-order valence-electron chi connectivity index (χ4n) is 2.40. The van der Waals surface area contributed by atoms with Crippen molar-refractivity contribution in [2.45, 2.75) is 12.5 Å². The first kappa shape index (κ1) is 14.5. The van der Waals surface area contributed by atoms with Crippen molar-refractivity contribution >= 4 is 11.8 Å². The maximum atomic E-state index is 12.5. The van der Waals surface area contributed by atoms with Crippen LogP contribution in [0.3, 0.4) is 0 Å². The van der Waals surface area contributed by atoms with Crippen molar-refractivity contribution in [3.63, 3.8) is 0 Å². The lowest BCUT2D eigenvalue weighted by atomic mass is 9.90. The van der Waals surface area contributed by atoms with E-state index in [-0.39, 0.29) is 24.3 Å². The van der Waals surface area contributed by atoms with E-state index in [0.717, 1.165) is 17.7 Å². The summed E-state index contributed by atoms with van der Waals surface area (Å²) in [6.07, 6.45) is 0. The fraction of sp³-hybridized carbons (Fsp3) is 0.467. The summed E-state index contributed by atoms with van der Waals surface area (Å²) >= 11 is 0. The first-order valence-corrected chi connectivity index (χ1v) is 6.74. The Morgan fingerprint density at radius 1 is 1.25 bits per heavy atom. The summed E-state index contributed by atoms with van der Waals surface area (Å²) < 4.78 is 0. The highest BCUT2D eigenvalue weighted by Crippen LogP contribution is 2.25. The van der Waals surface area contributed by atoms with Crippen LogP contribution in [0.15, 0.2) is 24.3 Å². The van der Waals surface area contributed by atoms with Crippen LogP contribution in [-0.4, -0.2) is 55.8 Å². The first-order chi connectivity index (χ1) is 9.50. The molecule has 5 nitrogen and oxygen atoms in total. The second-order valence-corrected chi connectivity index (χ2v) is 5.36. The average Bonchev–Trinajstić information content (AvgIpc) is 2.45. The van der Waals surface area contributed by atoms with Gasteiger partial charge in [0.2, 0.25) is 11.8 Å². The minimum Gasteiger partial charge on any atom is -0.347 e. The smallest absolute Gasteiger partial charge is 0.241 e. The molecule has 0 bridgehead atoms. The largest absolute Gasteiger partial charge is 0.347 e. The van der Waals surface area contributed by atoms with Crippen LogP contribution in [0.5, 0.6) is 0 Å². The molecule has 2 rings (SSSR count). The summed E-state index contributed by atoms with van der Waals surface area (Å²) in [6.45, 7) is 1.53. The molecule has 20 heavy (non-hydrogen) atoms. The van der Waals surface area contributed by atoms with Gasteiger partial charge < -0.3 is 15.1 Å². The van der Waals surface area contributed by atoms with Crippen molar-refractivity contribution in [2.75, 3.05) is 34.2 Å². The minimum absolute atomic E-state index is 0.0140. The van der Waals surface area contributed by atoms with Gasteiger partial charge in [-0.3, -0.25) is 9.59 Å². The number of benzene rings is 1. The molecule has 1 aliphatic rings. The molecule has 0 aromatic heterocycles. The van der Waals surface area contributed by atoms with Crippen molar-refractivity contribution in [2.24, 2.45) is 0 Å². The Hall–Kier alpha value is -1.88. The maximum absolute atomic E-state index is 12.5. The van der Waals surface area contributed by atoms with E-state index in [9.17, 15) is 9.59 Å². The highest BCUT2D eigenvalue weighted by atomic mass is 16.2. The molecule has 1 aromatic rings. The molecule has 5 heteroatoms. The van der Waals surface area contributed by atoms with Crippen LogP contribution >= 0.6 is 0 Å². The second-order valence-electron chi connectivity index (χ2n) is 5.36. The van der Waals surface area contributed by atoms with Crippen LogP contribution in [0, 0.1) is 0 Å². The summed E-state index contributed by atoms with van der Waals surface area (Å²) in [6, 6.07) is 7.97. The summed E-state index contributed by atoms with van der Waals surface area (Å²) in [5, 5.41) is 3.26. The van der Waals surface area contributed by atoms with E-state index < -0.39 is 0 Å². The monoisotopic (exact) mass is 275 g/mol. The second kappa shape index (κ2) is 6.05. The van der Waals surface area contributed by atoms with Crippen molar-refractivity contribution in [1.82, 2.24) is 15.1 Å². The minimum atomic E-state index is -0.208. The molecule has 1 atom stereocenters. The van der Waals surface area contributed by atoms with Crippen molar-refractivity contribution in [3.05, 3.63) is 35.4 Å². The zero-order chi connectivity index (χ0) is 14.7. The van der Waals surface area contributed by atoms with Gasteiger partial charge in [0.15, 0.2) is 0 Å². The molecule has 108 valence electrons. The molecule has 1 aromatic carbocycles. The predicted molar refractivity (Wildman–Crippen MR) is 77.2 cm³/mol. The number of amides is 2. The number of fused-ring (bicyclic) bond motifs is 1. The molecule has 0 aliphatic carbocycles. The lowest BCUT2D eigenvalue weighted by Crippen LogP contribution is -2.43. The van der Waals surface area contributed by atoms with E-state index in [0.29, 0.717) is 6.54 Å². The van der Waals surface area contributed by atoms with Gasteiger partial charge >= 0.3 is 0 Å². The van der Waals surface area contributed by atoms with Gasteiger partial charge in [-0.2, -0.15) is 0 Å². The number of likely N-dealkylation sites (N-methyl/N-ethyl adjacent to an activating group) is 2. The molecular weight excluding hydrogens is 254 g/mol. The third kappa shape index (κ3) is 2.99. The fourth-order valence-corrected chi connectivity index (χ4v) is 2.40. The third-order valence-corrected chi connectivity index (χ3v) is 3.64. The molecule has 0 radical (unpaired) electrons. The number of hydrogen-bond acceptors (Lipinski definition) is 3. The Bertz CT molecular complexity index is 514. The van der Waals surface area contributed by atoms with E-state index >= 15 is 0 Å². The van der Waals surface area contributed by atoms with Crippen LogP contribution in [0.4, 0.5) is 0 Å². The number of carbonyl (C=O) groups excluding carboxylic acids is 2. The number of hydrogen-bond donors (Lipinski definition) is 1. The quantitative estimate of drug-likeness (QED) is 0.870. The molecule has 1 N–H and O–H groups in total. The molecule has 0 saturated carbocycles. The van der Waals surface area contributed by atoms with E-state index in [4.69, 9.17) is 0 Å². The molecule has 0 fully saturated rings. The van der Waals surface area contributed by atoms with Crippen LogP contribution in [-0.2, 0) is 16.1 Å². The lowest BCUT2D eigenvalue weighted by Gasteiger charge is -2.29. The normalized spacial score (nSPS) is 17.2. The van der Waals surface area contributed by atoms with Gasteiger partial charge in [-0.25, -0.2) is 0 Å². The summed E-state index contributed by atoms with van der Waals surface area (Å²) in [7, 11) is 5.07. The molecule has 2 amide bonds. The third-order valence-electron chi connectivity index (χ3n) is 3.64. The summed E-state index contributed by atoms with van der Waals surface area (Å²) in [5.74, 6) is -0.294. The van der Waals surface area contributed by atoms with Gasteiger partial charge in [-0.15, -0.1) is 0 Å². The first-order valence-electron chi connectivity index (χ1n) is 6.74. The Morgan fingerprint density at radius 3 is 2.65 bits per heavy atom. The molecule has 0 spiro atoms. The summed E-state index contributed by atoms with van der Waals surface area (Å²) in [5.41, 5.74) is 2.23. The number of rotatable bonds is 3. The van der Waals surface area contributed by atoms with Gasteiger partial charge in [0.1, 0.15) is 0 Å². The van der Waals surface area contributed by atoms with Crippen LogP contribution in [0.2, 0.25) is 0 Å². The predicted octanol–water partition coefficient (Wildman–Crippen LogP) is 0.420. The van der Waals surface area contributed by atoms with Crippen molar-refractivity contribution < 1.29 is 9.59 Å². The zero-order valence-electron chi connectivity index (χ0n) is 12.2. The Labute approximate surface area is 119 Å². The van der Waals surface area contributed by atoms with E-state index in [1.54, 1.807) is 21.1 Å². The van der Waals surface area contributed by atoms with Crippen molar-refractivity contribution in [3.8, 4) is 0 Å². The molecule has 0 saturated heterocycles. The number of carbonyl (C=O) groups is 2. The lowest BCUT2D eigenvalue weighted by molar-refractivity contribution is -0.138. The van der Waals surface area contributed by atoms with Crippen LogP contribution in [0.1, 0.15) is 17.0 Å². The Balaban J connectivity index is 2.12. The zero-order valence-corrected chi connectivity index (χ0v) is 12.2. The molecule has 1 heterocycles. The Morgan fingerprint density at radius 2 is 1.95 bits per heavy atom. The number of nitrogens with zero attached hydrogens (tertiary/aromatic N) is 2. The Kier molecular flexibility index (Phi) is 4.39. The van der Waals surface area contributed by atoms with Crippen LogP contribution < -0.4 is 5.32 Å². The molecule has 1 unspecified atom stereocenters. The van der Waals surface area contributed by atoms with E-state index in [1.165, 1.54) is 9.80 Å². The maximum Gasteiger partial charge on any atom is 0.241 e. The molecular formula is C15H21N3O2. The highest BCUT2D eigenvalue weighted by Gasteiger charge is 2.29. The van der Waals surface area contributed by atoms with Gasteiger partial charge in [0.05, 0.1) is 12.5 Å². The van der Waals surface area contributed by atoms with Gasteiger partial charge in [-0.05, 0) is 11.1 Å². The SMILES string of the molecule is CN(C)C(=O)CN(C)C(=O)C1CNCc2ccccc21. The van der Waals surface area contributed by atoms with Gasteiger partial charge in [-0.1, -0.05) is 24.3 Å². The van der Waals surface area contributed by atoms with Crippen molar-refractivity contribution in [1.29, 1.82) is 0 Å². The highest BCUT2D eigenvalue weighted by molar-refractivity contribution is 5.88. The average molecular weight is 275 g/mol. The van der Waals surface area contributed by atoms with Gasteiger partial charge in [0.25, 0.3) is 0 Å². The topological polar surface area (TPSA) is 52.7 Å². The summed E-state index contributed by atoms with van der Waals surface area (Å²) in [4.78, 5) is 27.2. The van der Waals surface area contributed by atoms with Gasteiger partial charge in [0, 0.05) is 34.2 Å².